The average molecular weight is 263 g/mol. The van der Waals surface area contributed by atoms with E-state index < -0.39 is 0 Å². The van der Waals surface area contributed by atoms with Gasteiger partial charge in [-0.2, -0.15) is 0 Å². The van der Waals surface area contributed by atoms with Crippen LogP contribution in [0.25, 0.3) is 0 Å². The van der Waals surface area contributed by atoms with Gasteiger partial charge < -0.3 is 20.1 Å². The molecule has 1 aromatic carbocycles. The first-order valence-electron chi connectivity index (χ1n) is 6.81. The molecule has 1 fully saturated rings. The predicted molar refractivity (Wildman–Crippen MR) is 74.6 cm³/mol. The summed E-state index contributed by atoms with van der Waals surface area (Å²) in [5.74, 6) is 1.59. The highest BCUT2D eigenvalue weighted by atomic mass is 16.6. The predicted octanol–water partition coefficient (Wildman–Crippen LogP) is 0.787. The monoisotopic (exact) mass is 263 g/mol. The first kappa shape index (κ1) is 12.6. The molecule has 2 aliphatic heterocycles. The van der Waals surface area contributed by atoms with Crippen LogP contribution in [0.5, 0.6) is 11.5 Å². The van der Waals surface area contributed by atoms with Crippen LogP contribution in [0.4, 0.5) is 5.69 Å². The molecule has 2 aliphatic rings. The Morgan fingerprint density at radius 1 is 1.05 bits per heavy atom. The number of piperazine rings is 1. The largest absolute Gasteiger partial charge is 0.486 e. The van der Waals surface area contributed by atoms with Gasteiger partial charge in [0, 0.05) is 44.5 Å². The van der Waals surface area contributed by atoms with Gasteiger partial charge in [0.1, 0.15) is 13.2 Å². The number of nitrogen functional groups attached to an aromatic ring is 1. The lowest BCUT2D eigenvalue weighted by atomic mass is 10.1. The Bertz CT molecular complexity index is 456. The quantitative estimate of drug-likeness (QED) is 0.799. The van der Waals surface area contributed by atoms with Crippen LogP contribution in [0.2, 0.25) is 0 Å². The summed E-state index contributed by atoms with van der Waals surface area (Å²) in [6.07, 6.45) is 0. The summed E-state index contributed by atoms with van der Waals surface area (Å²) < 4.78 is 11.2. The van der Waals surface area contributed by atoms with Crippen molar-refractivity contribution in [3.63, 3.8) is 0 Å². The van der Waals surface area contributed by atoms with E-state index in [2.05, 4.69) is 16.8 Å². The minimum Gasteiger partial charge on any atom is -0.486 e. The minimum absolute atomic E-state index is 0.601. The van der Waals surface area contributed by atoms with E-state index in [1.807, 2.05) is 12.1 Å². The maximum Gasteiger partial charge on any atom is 0.163 e. The molecule has 0 radical (unpaired) electrons. The van der Waals surface area contributed by atoms with E-state index in [9.17, 15) is 0 Å². The summed E-state index contributed by atoms with van der Waals surface area (Å²) in [6.45, 7) is 6.51. The summed E-state index contributed by atoms with van der Waals surface area (Å²) in [6, 6.07) is 3.92. The van der Waals surface area contributed by atoms with E-state index >= 15 is 0 Å². The summed E-state index contributed by atoms with van der Waals surface area (Å²) >= 11 is 0. The fourth-order valence-electron chi connectivity index (χ4n) is 2.53. The van der Waals surface area contributed by atoms with Crippen LogP contribution in [0.1, 0.15) is 5.56 Å². The third-order valence-corrected chi connectivity index (χ3v) is 3.79. The highest BCUT2D eigenvalue weighted by Crippen LogP contribution is 2.34. The van der Waals surface area contributed by atoms with Crippen LogP contribution in [0.15, 0.2) is 12.1 Å². The molecule has 104 valence electrons. The van der Waals surface area contributed by atoms with E-state index in [0.717, 1.165) is 55.5 Å². The van der Waals surface area contributed by atoms with E-state index in [1.54, 1.807) is 0 Å². The summed E-state index contributed by atoms with van der Waals surface area (Å²) in [5, 5.41) is 0. The number of nitrogens with zero attached hydrogens (tertiary/aromatic N) is 2. The van der Waals surface area contributed by atoms with Gasteiger partial charge in [-0.05, 0) is 18.7 Å². The number of hydrogen-bond donors (Lipinski definition) is 1. The van der Waals surface area contributed by atoms with Crippen LogP contribution >= 0.6 is 0 Å². The fraction of sp³-hybridized carbons (Fsp3) is 0.571. The Morgan fingerprint density at radius 2 is 1.68 bits per heavy atom. The SMILES string of the molecule is CN1CCN(Cc2cc3c(cc2N)OCCO3)CC1. The zero-order valence-electron chi connectivity index (χ0n) is 11.4. The molecule has 0 unspecified atom stereocenters. The minimum atomic E-state index is 0.601. The van der Waals surface area contributed by atoms with E-state index in [1.165, 1.54) is 0 Å². The Hall–Kier alpha value is -1.46. The molecule has 2 N–H and O–H groups in total. The van der Waals surface area contributed by atoms with Gasteiger partial charge in [0.2, 0.25) is 0 Å². The Kier molecular flexibility index (Phi) is 3.48. The molecule has 0 spiro atoms. The molecule has 0 bridgehead atoms. The molecular weight excluding hydrogens is 242 g/mol. The lowest BCUT2D eigenvalue weighted by molar-refractivity contribution is 0.147. The van der Waals surface area contributed by atoms with E-state index in [0.29, 0.717) is 13.2 Å². The Balaban J connectivity index is 1.73. The van der Waals surface area contributed by atoms with Crippen molar-refractivity contribution in [2.45, 2.75) is 6.54 Å². The zero-order chi connectivity index (χ0) is 13.2. The molecule has 2 heterocycles. The molecular formula is C14H21N3O2. The number of hydrogen-bond acceptors (Lipinski definition) is 5. The van der Waals surface area contributed by atoms with Crippen molar-refractivity contribution < 1.29 is 9.47 Å². The molecule has 1 saturated heterocycles. The normalized spacial score (nSPS) is 20.5. The number of ether oxygens (including phenoxy) is 2. The van der Waals surface area contributed by atoms with Crippen molar-refractivity contribution in [3.8, 4) is 11.5 Å². The average Bonchev–Trinajstić information content (AvgIpc) is 2.42. The topological polar surface area (TPSA) is 51.0 Å². The fourth-order valence-corrected chi connectivity index (χ4v) is 2.53. The van der Waals surface area contributed by atoms with Crippen molar-refractivity contribution >= 4 is 5.69 Å². The van der Waals surface area contributed by atoms with E-state index in [4.69, 9.17) is 15.2 Å². The zero-order valence-corrected chi connectivity index (χ0v) is 11.4. The lowest BCUT2D eigenvalue weighted by Crippen LogP contribution is -2.43. The second-order valence-electron chi connectivity index (χ2n) is 5.27. The molecule has 0 saturated carbocycles. The second-order valence-corrected chi connectivity index (χ2v) is 5.27. The molecule has 0 aromatic heterocycles. The highest BCUT2D eigenvalue weighted by Gasteiger charge is 2.18. The van der Waals surface area contributed by atoms with Crippen LogP contribution in [-0.2, 0) is 6.54 Å². The van der Waals surface area contributed by atoms with Gasteiger partial charge in [0.25, 0.3) is 0 Å². The third-order valence-electron chi connectivity index (χ3n) is 3.79. The second kappa shape index (κ2) is 5.27. The number of likely N-dealkylation sites (N-methyl/N-ethyl adjacent to an activating group) is 1. The van der Waals surface area contributed by atoms with Gasteiger partial charge in [-0.3, -0.25) is 4.90 Å². The van der Waals surface area contributed by atoms with E-state index in [-0.39, 0.29) is 0 Å². The Morgan fingerprint density at radius 3 is 2.37 bits per heavy atom. The van der Waals surface area contributed by atoms with Gasteiger partial charge in [0.15, 0.2) is 11.5 Å². The number of anilines is 1. The van der Waals surface area contributed by atoms with Crippen LogP contribution < -0.4 is 15.2 Å². The maximum atomic E-state index is 6.12. The van der Waals surface area contributed by atoms with Gasteiger partial charge in [-0.25, -0.2) is 0 Å². The summed E-state index contributed by atoms with van der Waals surface area (Å²) in [7, 11) is 2.16. The molecule has 19 heavy (non-hydrogen) atoms. The van der Waals surface area contributed by atoms with Gasteiger partial charge in [-0.15, -0.1) is 0 Å². The third kappa shape index (κ3) is 2.77. The van der Waals surface area contributed by atoms with Gasteiger partial charge in [0.05, 0.1) is 0 Å². The standard InChI is InChI=1S/C14H21N3O2/c1-16-2-4-17(5-3-16)10-11-8-13-14(9-12(11)15)19-7-6-18-13/h8-9H,2-7,10,15H2,1H3. The van der Waals surface area contributed by atoms with Crippen molar-refractivity contribution in [3.05, 3.63) is 17.7 Å². The first-order valence-corrected chi connectivity index (χ1v) is 6.81. The van der Waals surface area contributed by atoms with Crippen LogP contribution in [0, 0.1) is 0 Å². The molecule has 1 aromatic rings. The summed E-state index contributed by atoms with van der Waals surface area (Å²) in [5.41, 5.74) is 8.04. The van der Waals surface area contributed by atoms with Crippen molar-refractivity contribution in [1.29, 1.82) is 0 Å². The number of fused-ring (bicyclic) bond motifs is 1. The summed E-state index contributed by atoms with van der Waals surface area (Å²) in [4.78, 5) is 4.78. The number of rotatable bonds is 2. The van der Waals surface area contributed by atoms with Gasteiger partial charge >= 0.3 is 0 Å². The Labute approximate surface area is 113 Å². The smallest absolute Gasteiger partial charge is 0.163 e. The highest BCUT2D eigenvalue weighted by molar-refractivity contribution is 5.58. The van der Waals surface area contributed by atoms with Crippen molar-refractivity contribution in [2.75, 3.05) is 52.2 Å². The van der Waals surface area contributed by atoms with Crippen LogP contribution in [0.3, 0.4) is 0 Å². The number of benzene rings is 1. The first-order chi connectivity index (χ1) is 9.22. The molecule has 3 rings (SSSR count). The van der Waals surface area contributed by atoms with Gasteiger partial charge in [-0.1, -0.05) is 0 Å². The molecule has 0 atom stereocenters. The van der Waals surface area contributed by atoms with Crippen LogP contribution in [-0.4, -0.2) is 56.2 Å². The maximum absolute atomic E-state index is 6.12. The molecule has 0 aliphatic carbocycles. The molecule has 5 heteroatoms. The molecule has 0 amide bonds. The lowest BCUT2D eigenvalue weighted by Gasteiger charge is -2.32. The molecule has 5 nitrogen and oxygen atoms in total. The van der Waals surface area contributed by atoms with Crippen molar-refractivity contribution in [1.82, 2.24) is 9.80 Å². The number of nitrogens with two attached hydrogens (primary N) is 1. The van der Waals surface area contributed by atoms with Crippen molar-refractivity contribution in [2.24, 2.45) is 0 Å².